The van der Waals surface area contributed by atoms with Crippen LogP contribution in [-0.2, 0) is 0 Å². The zero-order valence-electron chi connectivity index (χ0n) is 11.7. The lowest BCUT2D eigenvalue weighted by atomic mass is 10.3. The number of anilines is 1. The highest BCUT2D eigenvalue weighted by Gasteiger charge is 2.22. The predicted octanol–water partition coefficient (Wildman–Crippen LogP) is 1.62. The summed E-state index contributed by atoms with van der Waals surface area (Å²) in [6.45, 7) is 3.66. The van der Waals surface area contributed by atoms with Crippen LogP contribution in [0.1, 0.15) is 34.0 Å². The number of nitrogens with one attached hydrogen (secondary N) is 1. The first-order valence-corrected chi connectivity index (χ1v) is 7.55. The number of aryl methyl sites for hydroxylation is 1. The van der Waals surface area contributed by atoms with Gasteiger partial charge in [-0.15, -0.1) is 10.2 Å². The monoisotopic (exact) mass is 337 g/mol. The standard InChI is InChI=1S/C12H12ClN7OS/c1-5-3-15-9-7(13)8(19-20(9)4-5)10(21)16-6(2)11-17-18-12(14)22-11/h3-4,6H,1-2H3,(H2,14,18)(H,16,21)/t6-/m1/s1. The number of hydrogen-bond donors (Lipinski definition) is 2. The zero-order valence-corrected chi connectivity index (χ0v) is 13.3. The van der Waals surface area contributed by atoms with Crippen LogP contribution in [0.3, 0.4) is 0 Å². The van der Waals surface area contributed by atoms with Gasteiger partial charge in [-0.3, -0.25) is 4.79 Å². The summed E-state index contributed by atoms with van der Waals surface area (Å²) in [6, 6.07) is -0.349. The van der Waals surface area contributed by atoms with Crippen molar-refractivity contribution in [3.8, 4) is 0 Å². The van der Waals surface area contributed by atoms with Crippen molar-refractivity contribution in [2.75, 3.05) is 5.73 Å². The topological polar surface area (TPSA) is 111 Å². The van der Waals surface area contributed by atoms with Crippen LogP contribution in [0.15, 0.2) is 12.4 Å². The summed E-state index contributed by atoms with van der Waals surface area (Å²) < 4.78 is 1.49. The number of aromatic nitrogens is 5. The molecule has 0 aliphatic heterocycles. The Balaban J connectivity index is 1.87. The van der Waals surface area contributed by atoms with Crippen molar-refractivity contribution >= 4 is 39.6 Å². The molecule has 1 amide bonds. The minimum absolute atomic E-state index is 0.115. The zero-order chi connectivity index (χ0) is 15.9. The summed E-state index contributed by atoms with van der Waals surface area (Å²) in [7, 11) is 0. The number of hydrogen-bond acceptors (Lipinski definition) is 7. The second-order valence-corrected chi connectivity index (χ2v) is 6.15. The predicted molar refractivity (Wildman–Crippen MR) is 82.9 cm³/mol. The van der Waals surface area contributed by atoms with Crippen molar-refractivity contribution in [2.24, 2.45) is 0 Å². The molecular formula is C12H12ClN7OS. The Hall–Kier alpha value is -2.26. The summed E-state index contributed by atoms with van der Waals surface area (Å²) in [4.78, 5) is 16.5. The Bertz CT molecular complexity index is 858. The number of carbonyl (C=O) groups excluding carboxylic acids is 1. The summed E-state index contributed by atoms with van der Waals surface area (Å²) >= 11 is 7.40. The maximum atomic E-state index is 12.3. The maximum Gasteiger partial charge on any atom is 0.274 e. The minimum atomic E-state index is -0.408. The van der Waals surface area contributed by atoms with E-state index >= 15 is 0 Å². The number of halogens is 1. The second-order valence-electron chi connectivity index (χ2n) is 4.74. The molecule has 22 heavy (non-hydrogen) atoms. The van der Waals surface area contributed by atoms with Gasteiger partial charge in [0.15, 0.2) is 11.3 Å². The molecule has 0 saturated heterocycles. The van der Waals surface area contributed by atoms with E-state index in [0.29, 0.717) is 15.8 Å². The summed E-state index contributed by atoms with van der Waals surface area (Å²) in [6.07, 6.45) is 3.41. The van der Waals surface area contributed by atoms with Crippen molar-refractivity contribution in [2.45, 2.75) is 19.9 Å². The fourth-order valence-electron chi connectivity index (χ4n) is 1.89. The molecule has 3 N–H and O–H groups in total. The third kappa shape index (κ3) is 2.60. The summed E-state index contributed by atoms with van der Waals surface area (Å²) in [5, 5.41) is 15.7. The van der Waals surface area contributed by atoms with E-state index in [9.17, 15) is 4.79 Å². The van der Waals surface area contributed by atoms with E-state index in [2.05, 4.69) is 25.6 Å². The lowest BCUT2D eigenvalue weighted by Gasteiger charge is -2.08. The Kier molecular flexibility index (Phi) is 3.67. The number of amides is 1. The molecule has 3 aromatic heterocycles. The van der Waals surface area contributed by atoms with Gasteiger partial charge >= 0.3 is 0 Å². The highest BCUT2D eigenvalue weighted by molar-refractivity contribution is 7.15. The summed E-state index contributed by atoms with van der Waals surface area (Å²) in [5.41, 5.74) is 7.00. The highest BCUT2D eigenvalue weighted by Crippen LogP contribution is 2.23. The first-order chi connectivity index (χ1) is 10.5. The van der Waals surface area contributed by atoms with Crippen molar-refractivity contribution in [3.63, 3.8) is 0 Å². The van der Waals surface area contributed by atoms with E-state index in [1.54, 1.807) is 19.3 Å². The van der Waals surface area contributed by atoms with Crippen LogP contribution >= 0.6 is 22.9 Å². The van der Waals surface area contributed by atoms with Gasteiger partial charge in [0, 0.05) is 12.4 Å². The van der Waals surface area contributed by atoms with Gasteiger partial charge in [0.2, 0.25) is 5.13 Å². The lowest BCUT2D eigenvalue weighted by molar-refractivity contribution is 0.0934. The van der Waals surface area contributed by atoms with Gasteiger partial charge in [0.25, 0.3) is 5.91 Å². The average molecular weight is 338 g/mol. The number of fused-ring (bicyclic) bond motifs is 1. The molecule has 0 aliphatic carbocycles. The van der Waals surface area contributed by atoms with Crippen LogP contribution in [0.4, 0.5) is 5.13 Å². The fourth-order valence-corrected chi connectivity index (χ4v) is 2.77. The van der Waals surface area contributed by atoms with Crippen molar-refractivity contribution < 1.29 is 4.79 Å². The van der Waals surface area contributed by atoms with E-state index in [1.807, 2.05) is 6.92 Å². The van der Waals surface area contributed by atoms with Gasteiger partial charge in [0.05, 0.1) is 6.04 Å². The van der Waals surface area contributed by atoms with E-state index in [1.165, 1.54) is 15.9 Å². The molecule has 10 heteroatoms. The number of rotatable bonds is 3. The Morgan fingerprint density at radius 3 is 2.95 bits per heavy atom. The van der Waals surface area contributed by atoms with Gasteiger partial charge in [-0.05, 0) is 19.4 Å². The van der Waals surface area contributed by atoms with Crippen LogP contribution in [0.2, 0.25) is 5.02 Å². The van der Waals surface area contributed by atoms with Gasteiger partial charge in [0.1, 0.15) is 10.0 Å². The molecule has 0 bridgehead atoms. The smallest absolute Gasteiger partial charge is 0.274 e. The van der Waals surface area contributed by atoms with Crippen molar-refractivity contribution in [1.29, 1.82) is 0 Å². The second kappa shape index (κ2) is 5.50. The SMILES string of the molecule is Cc1cnc2c(Cl)c(C(=O)N[C@H](C)c3nnc(N)s3)nn2c1. The molecule has 8 nitrogen and oxygen atoms in total. The number of nitrogen functional groups attached to an aromatic ring is 1. The number of nitrogens with zero attached hydrogens (tertiary/aromatic N) is 5. The first kappa shape index (κ1) is 14.7. The third-order valence-electron chi connectivity index (χ3n) is 2.93. The van der Waals surface area contributed by atoms with Crippen LogP contribution in [0, 0.1) is 6.92 Å². The molecule has 3 heterocycles. The molecule has 0 radical (unpaired) electrons. The van der Waals surface area contributed by atoms with Crippen LogP contribution in [0.5, 0.6) is 0 Å². The molecule has 1 atom stereocenters. The molecule has 0 spiro atoms. The largest absolute Gasteiger partial charge is 0.374 e. The highest BCUT2D eigenvalue weighted by atomic mass is 35.5. The first-order valence-electron chi connectivity index (χ1n) is 6.36. The normalized spacial score (nSPS) is 12.5. The quantitative estimate of drug-likeness (QED) is 0.751. The van der Waals surface area contributed by atoms with Crippen molar-refractivity contribution in [1.82, 2.24) is 30.1 Å². The number of carbonyl (C=O) groups is 1. The number of nitrogens with two attached hydrogens (primary N) is 1. The minimum Gasteiger partial charge on any atom is -0.374 e. The molecule has 3 aromatic rings. The molecule has 0 fully saturated rings. The maximum absolute atomic E-state index is 12.3. The lowest BCUT2D eigenvalue weighted by Crippen LogP contribution is -2.27. The van der Waals surface area contributed by atoms with Crippen LogP contribution in [-0.4, -0.2) is 30.7 Å². The molecule has 0 aliphatic rings. The molecule has 0 saturated carbocycles. The Morgan fingerprint density at radius 1 is 1.50 bits per heavy atom. The average Bonchev–Trinajstić information content (AvgIpc) is 3.03. The third-order valence-corrected chi connectivity index (χ3v) is 4.22. The van der Waals surface area contributed by atoms with Gasteiger partial charge in [-0.25, -0.2) is 9.50 Å². The van der Waals surface area contributed by atoms with Crippen LogP contribution in [0.25, 0.3) is 5.65 Å². The molecule has 0 unspecified atom stereocenters. The van der Waals surface area contributed by atoms with Gasteiger partial charge in [-0.2, -0.15) is 5.10 Å². The Labute approximate surface area is 134 Å². The van der Waals surface area contributed by atoms with E-state index in [4.69, 9.17) is 17.3 Å². The molecule has 0 aromatic carbocycles. The van der Waals surface area contributed by atoms with E-state index in [-0.39, 0.29) is 16.8 Å². The van der Waals surface area contributed by atoms with E-state index < -0.39 is 5.91 Å². The van der Waals surface area contributed by atoms with E-state index in [0.717, 1.165) is 5.56 Å². The fraction of sp³-hybridized carbons (Fsp3) is 0.250. The Morgan fingerprint density at radius 2 is 2.27 bits per heavy atom. The molecular weight excluding hydrogens is 326 g/mol. The van der Waals surface area contributed by atoms with Gasteiger partial charge < -0.3 is 11.1 Å². The summed E-state index contributed by atoms with van der Waals surface area (Å²) in [5.74, 6) is -0.408. The molecule has 3 rings (SSSR count). The van der Waals surface area contributed by atoms with Crippen molar-refractivity contribution in [3.05, 3.63) is 33.7 Å². The molecule has 114 valence electrons. The van der Waals surface area contributed by atoms with Gasteiger partial charge in [-0.1, -0.05) is 22.9 Å². The van der Waals surface area contributed by atoms with Crippen LogP contribution < -0.4 is 11.1 Å².